The Balaban J connectivity index is 2.17. The summed E-state index contributed by atoms with van der Waals surface area (Å²) in [6.45, 7) is 14.3. The first kappa shape index (κ1) is 17.3. The molecule has 1 nitrogen and oxygen atoms in total. The number of rotatable bonds is 3. The van der Waals surface area contributed by atoms with E-state index in [9.17, 15) is 5.11 Å². The van der Waals surface area contributed by atoms with E-state index in [2.05, 4.69) is 41.5 Å². The lowest BCUT2D eigenvalue weighted by molar-refractivity contribution is -0.0550. The molecule has 0 bridgehead atoms. The minimum absolute atomic E-state index is 0.0684. The highest BCUT2D eigenvalue weighted by molar-refractivity contribution is 4.92. The largest absolute Gasteiger partial charge is 0.393 e. The molecule has 1 N–H and O–H groups in total. The van der Waals surface area contributed by atoms with Crippen molar-refractivity contribution in [3.05, 3.63) is 0 Å². The monoisotopic (exact) mass is 294 g/mol. The molecule has 0 aromatic rings. The van der Waals surface area contributed by atoms with Crippen LogP contribution in [0.1, 0.15) is 73.6 Å². The van der Waals surface area contributed by atoms with Crippen LogP contribution in [0.15, 0.2) is 0 Å². The maximum absolute atomic E-state index is 10.8. The van der Waals surface area contributed by atoms with Crippen molar-refractivity contribution in [2.24, 2.45) is 47.3 Å². The highest BCUT2D eigenvalue weighted by Crippen LogP contribution is 2.48. The van der Waals surface area contributed by atoms with E-state index in [1.54, 1.807) is 0 Å². The normalized spacial score (nSPS) is 46.6. The van der Waals surface area contributed by atoms with Crippen molar-refractivity contribution in [2.75, 3.05) is 0 Å². The maximum atomic E-state index is 10.8. The summed E-state index contributed by atoms with van der Waals surface area (Å²) >= 11 is 0. The first-order chi connectivity index (χ1) is 9.79. The Bertz CT molecular complexity index is 314. The molecular formula is C20H38O. The van der Waals surface area contributed by atoms with Gasteiger partial charge in [-0.25, -0.2) is 0 Å². The van der Waals surface area contributed by atoms with E-state index in [1.165, 1.54) is 32.1 Å². The van der Waals surface area contributed by atoms with Gasteiger partial charge in [0, 0.05) is 0 Å². The average Bonchev–Trinajstić information content (AvgIpc) is 2.33. The van der Waals surface area contributed by atoms with Gasteiger partial charge < -0.3 is 5.11 Å². The molecule has 0 aromatic heterocycles. The van der Waals surface area contributed by atoms with Gasteiger partial charge in [0.1, 0.15) is 0 Å². The lowest BCUT2D eigenvalue weighted by Gasteiger charge is -2.47. The van der Waals surface area contributed by atoms with Crippen LogP contribution < -0.4 is 0 Å². The molecular weight excluding hydrogens is 256 g/mol. The zero-order valence-electron chi connectivity index (χ0n) is 15.2. The third-order valence-electron chi connectivity index (χ3n) is 6.49. The second kappa shape index (κ2) is 7.02. The first-order valence-electron chi connectivity index (χ1n) is 9.47. The lowest BCUT2D eigenvalue weighted by atomic mass is 9.59. The third kappa shape index (κ3) is 4.03. The predicted octanol–water partition coefficient (Wildman–Crippen LogP) is 5.37. The van der Waals surface area contributed by atoms with E-state index in [1.807, 2.05) is 0 Å². The number of hydrogen-bond acceptors (Lipinski definition) is 1. The highest BCUT2D eigenvalue weighted by atomic mass is 16.3. The van der Waals surface area contributed by atoms with E-state index in [-0.39, 0.29) is 6.10 Å². The molecule has 2 saturated carbocycles. The summed E-state index contributed by atoms with van der Waals surface area (Å²) in [5.41, 5.74) is 0. The Hall–Kier alpha value is -0.0400. The molecule has 0 spiro atoms. The summed E-state index contributed by atoms with van der Waals surface area (Å²) in [6, 6.07) is 0. The molecule has 7 unspecified atom stereocenters. The Labute approximate surface area is 132 Å². The van der Waals surface area contributed by atoms with Crippen molar-refractivity contribution >= 4 is 0 Å². The topological polar surface area (TPSA) is 20.2 Å². The lowest BCUT2D eigenvalue weighted by Crippen LogP contribution is -2.44. The van der Waals surface area contributed by atoms with Crippen LogP contribution in [0.2, 0.25) is 0 Å². The van der Waals surface area contributed by atoms with Crippen LogP contribution in [0.4, 0.5) is 0 Å². The minimum atomic E-state index is -0.0684. The van der Waals surface area contributed by atoms with E-state index in [0.29, 0.717) is 17.8 Å². The summed E-state index contributed by atoms with van der Waals surface area (Å²) in [5, 5.41) is 10.8. The zero-order chi connectivity index (χ0) is 15.7. The molecule has 0 saturated heterocycles. The molecule has 0 amide bonds. The summed E-state index contributed by atoms with van der Waals surface area (Å²) < 4.78 is 0. The fourth-order valence-corrected chi connectivity index (χ4v) is 5.99. The molecule has 1 heteroatoms. The predicted molar refractivity (Wildman–Crippen MR) is 91.1 cm³/mol. The van der Waals surface area contributed by atoms with E-state index in [0.717, 1.165) is 29.6 Å². The maximum Gasteiger partial charge on any atom is 0.0596 e. The Kier molecular flexibility index (Phi) is 5.79. The van der Waals surface area contributed by atoms with Gasteiger partial charge in [0.25, 0.3) is 0 Å². The van der Waals surface area contributed by atoms with Crippen molar-refractivity contribution in [1.82, 2.24) is 0 Å². The Morgan fingerprint density at radius 1 is 0.762 bits per heavy atom. The van der Waals surface area contributed by atoms with Crippen LogP contribution in [0.25, 0.3) is 0 Å². The number of aliphatic hydroxyl groups excluding tert-OH is 1. The first-order valence-corrected chi connectivity index (χ1v) is 9.47. The van der Waals surface area contributed by atoms with Crippen LogP contribution in [-0.4, -0.2) is 11.2 Å². The molecule has 124 valence electrons. The van der Waals surface area contributed by atoms with Gasteiger partial charge in [0.2, 0.25) is 0 Å². The molecule has 2 aliphatic carbocycles. The van der Waals surface area contributed by atoms with Gasteiger partial charge in [-0.05, 0) is 79.4 Å². The van der Waals surface area contributed by atoms with Crippen LogP contribution >= 0.6 is 0 Å². The van der Waals surface area contributed by atoms with Gasteiger partial charge in [-0.15, -0.1) is 0 Å². The molecule has 21 heavy (non-hydrogen) atoms. The smallest absolute Gasteiger partial charge is 0.0596 e. The molecule has 2 rings (SSSR count). The summed E-state index contributed by atoms with van der Waals surface area (Å²) in [7, 11) is 0. The van der Waals surface area contributed by atoms with Crippen LogP contribution in [0.5, 0.6) is 0 Å². The Morgan fingerprint density at radius 3 is 1.81 bits per heavy atom. The van der Waals surface area contributed by atoms with Crippen molar-refractivity contribution in [1.29, 1.82) is 0 Å². The third-order valence-corrected chi connectivity index (χ3v) is 6.49. The minimum Gasteiger partial charge on any atom is -0.393 e. The second-order valence-corrected chi connectivity index (χ2v) is 9.21. The molecule has 2 fully saturated rings. The van der Waals surface area contributed by atoms with Gasteiger partial charge in [-0.3, -0.25) is 0 Å². The highest BCUT2D eigenvalue weighted by Gasteiger charge is 2.43. The quantitative estimate of drug-likeness (QED) is 0.741. The van der Waals surface area contributed by atoms with Gasteiger partial charge >= 0.3 is 0 Å². The zero-order valence-corrected chi connectivity index (χ0v) is 15.2. The fourth-order valence-electron chi connectivity index (χ4n) is 5.99. The molecule has 0 radical (unpaired) electrons. The number of hydrogen-bond donors (Lipinski definition) is 1. The van der Waals surface area contributed by atoms with Gasteiger partial charge in [-0.2, -0.15) is 0 Å². The molecule has 7 atom stereocenters. The SMILES string of the molecule is CC1CC(C)CC(C(C(C)C)C2CC(C)CC(C)C2O)C1. The summed E-state index contributed by atoms with van der Waals surface area (Å²) in [4.78, 5) is 0. The van der Waals surface area contributed by atoms with E-state index in [4.69, 9.17) is 0 Å². The van der Waals surface area contributed by atoms with Crippen LogP contribution in [0.3, 0.4) is 0 Å². The van der Waals surface area contributed by atoms with Gasteiger partial charge in [0.05, 0.1) is 6.10 Å². The van der Waals surface area contributed by atoms with Crippen molar-refractivity contribution in [3.63, 3.8) is 0 Å². The van der Waals surface area contributed by atoms with E-state index < -0.39 is 0 Å². The van der Waals surface area contributed by atoms with E-state index >= 15 is 0 Å². The summed E-state index contributed by atoms with van der Waals surface area (Å²) in [5.74, 6) is 5.80. The van der Waals surface area contributed by atoms with Gasteiger partial charge in [-0.1, -0.05) is 41.5 Å². The second-order valence-electron chi connectivity index (χ2n) is 9.21. The van der Waals surface area contributed by atoms with Crippen molar-refractivity contribution < 1.29 is 5.11 Å². The van der Waals surface area contributed by atoms with Gasteiger partial charge in [0.15, 0.2) is 0 Å². The molecule has 2 aliphatic rings. The summed E-state index contributed by atoms with van der Waals surface area (Å²) in [6.07, 6.45) is 6.56. The van der Waals surface area contributed by atoms with Crippen molar-refractivity contribution in [2.45, 2.75) is 79.8 Å². The van der Waals surface area contributed by atoms with Crippen LogP contribution in [-0.2, 0) is 0 Å². The van der Waals surface area contributed by atoms with Crippen LogP contribution in [0, 0.1) is 47.3 Å². The fraction of sp³-hybridized carbons (Fsp3) is 1.00. The molecule has 0 heterocycles. The van der Waals surface area contributed by atoms with Crippen molar-refractivity contribution in [3.8, 4) is 0 Å². The standard InChI is InChI=1S/C20H38O/c1-12(2)19(17-9-13(3)7-14(4)10-17)18-11-15(5)8-16(6)20(18)21/h12-21H,7-11H2,1-6H3. The molecule has 0 aliphatic heterocycles. The Morgan fingerprint density at radius 2 is 1.29 bits per heavy atom. The molecule has 0 aromatic carbocycles. The number of aliphatic hydroxyl groups is 1. The average molecular weight is 295 g/mol.